The van der Waals surface area contributed by atoms with Crippen LogP contribution < -0.4 is 0 Å². The Balaban J connectivity index is 2.12. The first-order valence-corrected chi connectivity index (χ1v) is 5.68. The largest absolute Gasteiger partial charge is 0.347 e. The highest BCUT2D eigenvalue weighted by Gasteiger charge is 2.07. The quantitative estimate of drug-likeness (QED) is 0.442. The molecule has 0 fully saturated rings. The van der Waals surface area contributed by atoms with Gasteiger partial charge in [-0.1, -0.05) is 41.9 Å². The molecule has 0 spiro atoms. The van der Waals surface area contributed by atoms with Crippen molar-refractivity contribution in [2.24, 2.45) is 0 Å². The minimum absolute atomic E-state index is 0.227. The van der Waals surface area contributed by atoms with Crippen LogP contribution in [0.4, 0.5) is 0 Å². The van der Waals surface area contributed by atoms with Crippen molar-refractivity contribution in [2.75, 3.05) is 0 Å². The van der Waals surface area contributed by atoms with Gasteiger partial charge in [0.25, 0.3) is 0 Å². The zero-order chi connectivity index (χ0) is 12.1. The van der Waals surface area contributed by atoms with Crippen LogP contribution in [0.15, 0.2) is 60.7 Å². The monoisotopic (exact) mass is 243 g/mol. The molecule has 2 rings (SSSR count). The van der Waals surface area contributed by atoms with Crippen LogP contribution in [0.3, 0.4) is 0 Å². The maximum absolute atomic E-state index is 9.86. The summed E-state index contributed by atoms with van der Waals surface area (Å²) in [6.07, 6.45) is 3.54. The van der Waals surface area contributed by atoms with Gasteiger partial charge in [0, 0.05) is 11.1 Å². The molecule has 0 aliphatic carbocycles. The average molecular weight is 244 g/mol. The third kappa shape index (κ3) is 3.30. The second-order valence-corrected chi connectivity index (χ2v) is 4.07. The van der Waals surface area contributed by atoms with Crippen molar-refractivity contribution in [2.45, 2.75) is 0 Å². The Kier molecular flexibility index (Phi) is 3.73. The number of hydrogen-bond acceptors (Lipinski definition) is 0. The Hall–Kier alpha value is -1.86. The zero-order valence-corrected chi connectivity index (χ0v) is 9.93. The first-order chi connectivity index (χ1) is 8.25. The van der Waals surface area contributed by atoms with Gasteiger partial charge in [-0.05, 0) is 35.9 Å². The molecule has 2 aromatic rings. The molecule has 0 unspecified atom stereocenters. The summed E-state index contributed by atoms with van der Waals surface area (Å²) in [6, 6.07) is 16.9. The average Bonchev–Trinajstić information content (AvgIpc) is 2.38. The lowest BCUT2D eigenvalue weighted by atomic mass is 10.1. The Morgan fingerprint density at radius 2 is 1.59 bits per heavy atom. The fourth-order valence-corrected chi connectivity index (χ4v) is 1.58. The van der Waals surface area contributed by atoms with E-state index in [1.165, 1.54) is 0 Å². The molecule has 1 nitrogen and oxygen atoms in total. The van der Waals surface area contributed by atoms with Crippen LogP contribution in [0.5, 0.6) is 0 Å². The van der Waals surface area contributed by atoms with Gasteiger partial charge in [-0.2, -0.15) is 0 Å². The molecule has 0 amide bonds. The molecule has 0 radical (unpaired) electrons. The molecular weight excluding hydrogens is 232 g/mol. The van der Waals surface area contributed by atoms with Gasteiger partial charge < -0.3 is 0 Å². The Bertz CT molecular complexity index is 527. The van der Waals surface area contributed by atoms with Crippen LogP contribution in [-0.4, -0.2) is 10.6 Å². The number of ketones is 1. The summed E-state index contributed by atoms with van der Waals surface area (Å²) >= 11 is 5.78. The highest BCUT2D eigenvalue weighted by molar-refractivity contribution is 6.30. The van der Waals surface area contributed by atoms with Crippen molar-refractivity contribution >= 4 is 23.5 Å². The van der Waals surface area contributed by atoms with Crippen LogP contribution >= 0.6 is 11.6 Å². The second kappa shape index (κ2) is 5.46. The molecule has 1 N–H and O–H groups in total. The summed E-state index contributed by atoms with van der Waals surface area (Å²) in [6.45, 7) is 0. The van der Waals surface area contributed by atoms with Gasteiger partial charge in [0.15, 0.2) is 0 Å². The van der Waals surface area contributed by atoms with E-state index in [9.17, 15) is 4.79 Å². The first kappa shape index (κ1) is 11.6. The Morgan fingerprint density at radius 1 is 0.941 bits per heavy atom. The van der Waals surface area contributed by atoms with Crippen molar-refractivity contribution < 1.29 is 4.79 Å². The minimum atomic E-state index is 0.227. The standard InChI is InChI=1S/C15H11ClO/c16-14-9-7-13(8-10-14)15(17)11-6-12-4-2-1-3-5-12/h1-11H/p+1/b11-6+. The lowest BCUT2D eigenvalue weighted by Gasteiger charge is -1.92. The third-order valence-corrected chi connectivity index (χ3v) is 2.63. The lowest BCUT2D eigenvalue weighted by Crippen LogP contribution is -1.95. The van der Waals surface area contributed by atoms with Crippen LogP contribution in [0.25, 0.3) is 6.08 Å². The molecule has 0 aliphatic heterocycles. The number of hydrogen-bond donors (Lipinski definition) is 0. The number of benzene rings is 2. The van der Waals surface area contributed by atoms with Gasteiger partial charge in [-0.3, -0.25) is 4.79 Å². The molecule has 0 aliphatic rings. The molecule has 0 saturated carbocycles. The van der Waals surface area contributed by atoms with E-state index < -0.39 is 0 Å². The predicted molar refractivity (Wildman–Crippen MR) is 73.0 cm³/mol. The number of rotatable bonds is 3. The Morgan fingerprint density at radius 3 is 2.24 bits per heavy atom. The van der Waals surface area contributed by atoms with E-state index in [4.69, 9.17) is 11.6 Å². The van der Waals surface area contributed by atoms with Crippen LogP contribution in [-0.2, 0) is 0 Å². The second-order valence-electron chi connectivity index (χ2n) is 3.64. The van der Waals surface area contributed by atoms with E-state index in [1.807, 2.05) is 36.4 Å². The molecule has 0 saturated heterocycles. The SMILES string of the molecule is [OH+]=C(/C=C/c1ccccc1)c1ccc(Cl)cc1. The van der Waals surface area contributed by atoms with Crippen LogP contribution in [0.2, 0.25) is 5.02 Å². The van der Waals surface area contributed by atoms with Gasteiger partial charge in [-0.15, -0.1) is 0 Å². The van der Waals surface area contributed by atoms with Crippen molar-refractivity contribution in [3.63, 3.8) is 0 Å². The van der Waals surface area contributed by atoms with Crippen LogP contribution in [0, 0.1) is 0 Å². The van der Waals surface area contributed by atoms with E-state index in [-0.39, 0.29) is 5.78 Å². The van der Waals surface area contributed by atoms with E-state index in [1.54, 1.807) is 30.3 Å². The Labute approximate surface area is 105 Å². The molecule has 0 heterocycles. The van der Waals surface area contributed by atoms with E-state index in [0.29, 0.717) is 5.02 Å². The zero-order valence-electron chi connectivity index (χ0n) is 9.18. The van der Waals surface area contributed by atoms with Crippen molar-refractivity contribution in [3.8, 4) is 0 Å². The van der Waals surface area contributed by atoms with Gasteiger partial charge in [0.2, 0.25) is 0 Å². The fraction of sp³-hybridized carbons (Fsp3) is 0. The normalized spacial score (nSPS) is 10.6. The molecule has 0 aromatic heterocycles. The summed E-state index contributed by atoms with van der Waals surface area (Å²) < 4.78 is 0. The van der Waals surface area contributed by atoms with Gasteiger partial charge >= 0.3 is 5.78 Å². The van der Waals surface area contributed by atoms with E-state index >= 15 is 0 Å². The summed E-state index contributed by atoms with van der Waals surface area (Å²) in [5.74, 6) is 0.227. The van der Waals surface area contributed by atoms with Crippen molar-refractivity contribution in [3.05, 3.63) is 76.8 Å². The van der Waals surface area contributed by atoms with E-state index in [2.05, 4.69) is 0 Å². The molecule has 0 atom stereocenters. The molecular formula is C15H12ClO+. The number of carbonyl (C=O) groups excluding carboxylic acids is 1. The highest BCUT2D eigenvalue weighted by Crippen LogP contribution is 2.10. The van der Waals surface area contributed by atoms with Gasteiger partial charge in [0.1, 0.15) is 0 Å². The molecule has 84 valence electrons. The molecule has 2 heteroatoms. The predicted octanol–water partition coefficient (Wildman–Crippen LogP) is 3.95. The summed E-state index contributed by atoms with van der Waals surface area (Å²) in [7, 11) is 0. The molecule has 0 bridgehead atoms. The topological polar surface area (TPSA) is 21.4 Å². The third-order valence-electron chi connectivity index (χ3n) is 2.37. The maximum Gasteiger partial charge on any atom is 0.347 e. The summed E-state index contributed by atoms with van der Waals surface area (Å²) in [5.41, 5.74) is 1.80. The maximum atomic E-state index is 9.86. The fourth-order valence-electron chi connectivity index (χ4n) is 1.46. The smallest absolute Gasteiger partial charge is 0.273 e. The summed E-state index contributed by atoms with van der Waals surface area (Å²) in [4.78, 5) is 9.86. The number of allylic oxidation sites excluding steroid dienone is 1. The van der Waals surface area contributed by atoms with Crippen molar-refractivity contribution in [1.82, 2.24) is 0 Å². The molecule has 2 aromatic carbocycles. The number of halogens is 1. The van der Waals surface area contributed by atoms with E-state index in [0.717, 1.165) is 11.1 Å². The van der Waals surface area contributed by atoms with Crippen LogP contribution in [0.1, 0.15) is 11.1 Å². The van der Waals surface area contributed by atoms with Gasteiger partial charge in [-0.25, -0.2) is 0 Å². The molecule has 17 heavy (non-hydrogen) atoms. The first-order valence-electron chi connectivity index (χ1n) is 5.31. The summed E-state index contributed by atoms with van der Waals surface area (Å²) in [5, 5.41) is 0.661. The van der Waals surface area contributed by atoms with Gasteiger partial charge in [0.05, 0.1) is 5.56 Å². The minimum Gasteiger partial charge on any atom is -0.273 e. The highest BCUT2D eigenvalue weighted by atomic mass is 35.5. The van der Waals surface area contributed by atoms with Crippen molar-refractivity contribution in [1.29, 1.82) is 0 Å². The lowest BCUT2D eigenvalue weighted by molar-refractivity contribution is 0.682.